The van der Waals surface area contributed by atoms with Crippen molar-refractivity contribution in [1.82, 2.24) is 4.90 Å². The summed E-state index contributed by atoms with van der Waals surface area (Å²) in [5, 5.41) is 0. The summed E-state index contributed by atoms with van der Waals surface area (Å²) in [6.07, 6.45) is 3.39. The van der Waals surface area contributed by atoms with E-state index in [1.54, 1.807) is 0 Å². The second-order valence-corrected chi connectivity index (χ2v) is 7.36. The summed E-state index contributed by atoms with van der Waals surface area (Å²) in [5.74, 6) is 2.78. The van der Waals surface area contributed by atoms with Crippen LogP contribution >= 0.6 is 0 Å². The highest BCUT2D eigenvalue weighted by atomic mass is 16.5. The van der Waals surface area contributed by atoms with Crippen LogP contribution in [0.2, 0.25) is 0 Å². The van der Waals surface area contributed by atoms with Gasteiger partial charge in [0.2, 0.25) is 0 Å². The topological polar surface area (TPSA) is 38.8 Å². The Morgan fingerprint density at radius 1 is 1.25 bits per heavy atom. The van der Waals surface area contributed by atoms with Gasteiger partial charge in [0.25, 0.3) is 5.91 Å². The SMILES string of the molecule is CC(C)c1cccc(OCC(=O)N2CCC(C3CCOC3)CC2)c1. The maximum absolute atomic E-state index is 12.4. The number of benzene rings is 1. The van der Waals surface area contributed by atoms with Gasteiger partial charge in [0.05, 0.1) is 0 Å². The van der Waals surface area contributed by atoms with Crippen molar-refractivity contribution in [2.24, 2.45) is 11.8 Å². The van der Waals surface area contributed by atoms with Crippen molar-refractivity contribution in [2.75, 3.05) is 32.9 Å². The molecule has 1 unspecified atom stereocenters. The molecule has 0 N–H and O–H groups in total. The lowest BCUT2D eigenvalue weighted by Crippen LogP contribution is -2.42. The Bertz CT molecular complexity index is 544. The van der Waals surface area contributed by atoms with E-state index in [-0.39, 0.29) is 12.5 Å². The number of piperidine rings is 1. The van der Waals surface area contributed by atoms with Crippen molar-refractivity contribution in [1.29, 1.82) is 0 Å². The van der Waals surface area contributed by atoms with Crippen molar-refractivity contribution in [3.63, 3.8) is 0 Å². The fourth-order valence-corrected chi connectivity index (χ4v) is 3.74. The van der Waals surface area contributed by atoms with Gasteiger partial charge in [0.15, 0.2) is 6.61 Å². The molecule has 4 nitrogen and oxygen atoms in total. The first kappa shape index (κ1) is 17.3. The summed E-state index contributed by atoms with van der Waals surface area (Å²) in [6, 6.07) is 8.04. The number of likely N-dealkylation sites (tertiary alicyclic amines) is 1. The number of amides is 1. The van der Waals surface area contributed by atoms with E-state index in [9.17, 15) is 4.79 Å². The first-order chi connectivity index (χ1) is 11.6. The van der Waals surface area contributed by atoms with E-state index in [0.29, 0.717) is 11.8 Å². The Hall–Kier alpha value is -1.55. The maximum Gasteiger partial charge on any atom is 0.260 e. The minimum absolute atomic E-state index is 0.103. The van der Waals surface area contributed by atoms with E-state index in [1.807, 2.05) is 23.1 Å². The van der Waals surface area contributed by atoms with Gasteiger partial charge in [0, 0.05) is 26.3 Å². The molecule has 2 aliphatic rings. The van der Waals surface area contributed by atoms with Crippen LogP contribution in [-0.2, 0) is 9.53 Å². The predicted octanol–water partition coefficient (Wildman–Crippen LogP) is 3.46. The molecule has 0 spiro atoms. The fourth-order valence-electron chi connectivity index (χ4n) is 3.74. The number of hydrogen-bond donors (Lipinski definition) is 0. The molecule has 2 fully saturated rings. The molecule has 0 aliphatic carbocycles. The van der Waals surface area contributed by atoms with E-state index in [0.717, 1.165) is 50.8 Å². The van der Waals surface area contributed by atoms with Gasteiger partial charge >= 0.3 is 0 Å². The number of carbonyl (C=O) groups excluding carboxylic acids is 1. The minimum atomic E-state index is 0.103. The monoisotopic (exact) mass is 331 g/mol. The van der Waals surface area contributed by atoms with Gasteiger partial charge in [-0.25, -0.2) is 0 Å². The summed E-state index contributed by atoms with van der Waals surface area (Å²) < 4.78 is 11.2. The largest absolute Gasteiger partial charge is 0.484 e. The molecule has 1 aromatic carbocycles. The van der Waals surface area contributed by atoms with Gasteiger partial charge in [-0.3, -0.25) is 4.79 Å². The zero-order valence-electron chi connectivity index (χ0n) is 14.9. The Balaban J connectivity index is 1.45. The third kappa shape index (κ3) is 4.29. The van der Waals surface area contributed by atoms with E-state index in [4.69, 9.17) is 9.47 Å². The number of rotatable bonds is 5. The average Bonchev–Trinajstić information content (AvgIpc) is 3.14. The Labute approximate surface area is 145 Å². The van der Waals surface area contributed by atoms with Crippen LogP contribution in [0.4, 0.5) is 0 Å². The second kappa shape index (κ2) is 8.02. The Morgan fingerprint density at radius 2 is 2.04 bits per heavy atom. The molecule has 2 aliphatic heterocycles. The molecule has 0 aromatic heterocycles. The van der Waals surface area contributed by atoms with E-state index in [2.05, 4.69) is 19.9 Å². The van der Waals surface area contributed by atoms with Gasteiger partial charge in [-0.1, -0.05) is 26.0 Å². The van der Waals surface area contributed by atoms with Crippen LogP contribution in [0.5, 0.6) is 5.75 Å². The van der Waals surface area contributed by atoms with Crippen LogP contribution in [0.3, 0.4) is 0 Å². The van der Waals surface area contributed by atoms with Crippen molar-refractivity contribution < 1.29 is 14.3 Å². The smallest absolute Gasteiger partial charge is 0.260 e. The van der Waals surface area contributed by atoms with Crippen molar-refractivity contribution in [3.05, 3.63) is 29.8 Å². The summed E-state index contributed by atoms with van der Waals surface area (Å²) >= 11 is 0. The number of nitrogens with zero attached hydrogens (tertiary/aromatic N) is 1. The van der Waals surface area contributed by atoms with Crippen molar-refractivity contribution >= 4 is 5.91 Å². The number of carbonyl (C=O) groups is 1. The van der Waals surface area contributed by atoms with E-state index < -0.39 is 0 Å². The van der Waals surface area contributed by atoms with Gasteiger partial charge in [-0.2, -0.15) is 0 Å². The third-order valence-corrected chi connectivity index (χ3v) is 5.41. The molecule has 132 valence electrons. The molecular formula is C20H29NO3. The Kier molecular flexibility index (Phi) is 5.77. The van der Waals surface area contributed by atoms with Crippen LogP contribution in [0.25, 0.3) is 0 Å². The van der Waals surface area contributed by atoms with E-state index in [1.165, 1.54) is 12.0 Å². The predicted molar refractivity (Wildman–Crippen MR) is 94.3 cm³/mol. The lowest BCUT2D eigenvalue weighted by molar-refractivity contribution is -0.135. The van der Waals surface area contributed by atoms with Gasteiger partial charge in [-0.05, 0) is 54.7 Å². The zero-order chi connectivity index (χ0) is 16.9. The zero-order valence-corrected chi connectivity index (χ0v) is 14.9. The Morgan fingerprint density at radius 3 is 2.71 bits per heavy atom. The number of hydrogen-bond acceptors (Lipinski definition) is 3. The first-order valence-corrected chi connectivity index (χ1v) is 9.21. The molecule has 0 bridgehead atoms. The van der Waals surface area contributed by atoms with Gasteiger partial charge in [0.1, 0.15) is 5.75 Å². The first-order valence-electron chi connectivity index (χ1n) is 9.21. The van der Waals surface area contributed by atoms with Crippen molar-refractivity contribution in [3.8, 4) is 5.75 Å². The van der Waals surface area contributed by atoms with Gasteiger partial charge < -0.3 is 14.4 Å². The quantitative estimate of drug-likeness (QED) is 0.829. The lowest BCUT2D eigenvalue weighted by Gasteiger charge is -2.34. The molecule has 0 radical (unpaired) electrons. The molecule has 2 heterocycles. The molecule has 24 heavy (non-hydrogen) atoms. The molecule has 0 saturated carbocycles. The summed E-state index contributed by atoms with van der Waals surface area (Å²) in [5.41, 5.74) is 1.24. The molecule has 1 aromatic rings. The van der Waals surface area contributed by atoms with Crippen LogP contribution < -0.4 is 4.74 Å². The number of ether oxygens (including phenoxy) is 2. The fraction of sp³-hybridized carbons (Fsp3) is 0.650. The van der Waals surface area contributed by atoms with E-state index >= 15 is 0 Å². The molecule has 3 rings (SSSR count). The highest BCUT2D eigenvalue weighted by Crippen LogP contribution is 2.30. The van der Waals surface area contributed by atoms with Crippen LogP contribution in [0.15, 0.2) is 24.3 Å². The van der Waals surface area contributed by atoms with Crippen LogP contribution in [0, 0.1) is 11.8 Å². The molecule has 4 heteroatoms. The highest BCUT2D eigenvalue weighted by Gasteiger charge is 2.30. The summed E-state index contributed by atoms with van der Waals surface area (Å²) in [4.78, 5) is 14.4. The summed E-state index contributed by atoms with van der Waals surface area (Å²) in [6.45, 7) is 7.98. The average molecular weight is 331 g/mol. The molecule has 2 saturated heterocycles. The standard InChI is InChI=1S/C20H29NO3/c1-15(2)17-4-3-5-19(12-17)24-14-20(22)21-9-6-16(7-10-21)18-8-11-23-13-18/h3-5,12,15-16,18H,6-11,13-14H2,1-2H3. The normalized spacial score (nSPS) is 22.1. The second-order valence-electron chi connectivity index (χ2n) is 7.36. The van der Waals surface area contributed by atoms with Crippen molar-refractivity contribution in [2.45, 2.75) is 39.0 Å². The molecule has 1 amide bonds. The summed E-state index contributed by atoms with van der Waals surface area (Å²) in [7, 11) is 0. The minimum Gasteiger partial charge on any atom is -0.484 e. The lowest BCUT2D eigenvalue weighted by atomic mass is 9.84. The van der Waals surface area contributed by atoms with Crippen LogP contribution in [0.1, 0.15) is 44.6 Å². The van der Waals surface area contributed by atoms with Crippen LogP contribution in [-0.4, -0.2) is 43.7 Å². The maximum atomic E-state index is 12.4. The molecule has 1 atom stereocenters. The highest BCUT2D eigenvalue weighted by molar-refractivity contribution is 5.77. The van der Waals surface area contributed by atoms with Gasteiger partial charge in [-0.15, -0.1) is 0 Å². The third-order valence-electron chi connectivity index (χ3n) is 5.41. The molecular weight excluding hydrogens is 302 g/mol.